The van der Waals surface area contributed by atoms with Gasteiger partial charge in [-0.05, 0) is 42.2 Å². The van der Waals surface area contributed by atoms with Crippen LogP contribution in [0.3, 0.4) is 0 Å². The minimum Gasteiger partial charge on any atom is -0.352 e. The predicted molar refractivity (Wildman–Crippen MR) is 103 cm³/mol. The van der Waals surface area contributed by atoms with Gasteiger partial charge in [0.15, 0.2) is 0 Å². The summed E-state index contributed by atoms with van der Waals surface area (Å²) in [5.74, 6) is -0.0280. The van der Waals surface area contributed by atoms with Crippen molar-refractivity contribution in [2.75, 3.05) is 11.9 Å². The Morgan fingerprint density at radius 2 is 1.74 bits per heavy atom. The third-order valence-electron chi connectivity index (χ3n) is 4.22. The standard InChI is InChI=1S/C21H21FN4O/c1-15-4-2-3-5-17(15)12-24-21-25-13-18(14-26-21)20(27)23-11-10-16-6-8-19(22)9-7-16/h2-9,13-14H,10-12H2,1H3,(H,23,27)(H,24,25,26). The maximum absolute atomic E-state index is 12.9. The zero-order chi connectivity index (χ0) is 19.1. The number of carbonyl (C=O) groups is 1. The van der Waals surface area contributed by atoms with Gasteiger partial charge in [0.1, 0.15) is 5.82 Å². The lowest BCUT2D eigenvalue weighted by molar-refractivity contribution is 0.0953. The second-order valence-corrected chi connectivity index (χ2v) is 6.21. The quantitative estimate of drug-likeness (QED) is 0.673. The normalized spacial score (nSPS) is 10.4. The molecule has 1 heterocycles. The summed E-state index contributed by atoms with van der Waals surface area (Å²) >= 11 is 0. The molecule has 0 aliphatic carbocycles. The van der Waals surface area contributed by atoms with E-state index in [0.717, 1.165) is 5.56 Å². The van der Waals surface area contributed by atoms with Gasteiger partial charge in [0.25, 0.3) is 5.91 Å². The van der Waals surface area contributed by atoms with Gasteiger partial charge in [0.05, 0.1) is 5.56 Å². The van der Waals surface area contributed by atoms with Crippen molar-refractivity contribution < 1.29 is 9.18 Å². The smallest absolute Gasteiger partial charge is 0.254 e. The van der Waals surface area contributed by atoms with E-state index in [2.05, 4.69) is 33.6 Å². The van der Waals surface area contributed by atoms with E-state index in [-0.39, 0.29) is 11.7 Å². The molecule has 0 saturated carbocycles. The Kier molecular flexibility index (Phi) is 6.10. The zero-order valence-electron chi connectivity index (χ0n) is 15.1. The van der Waals surface area contributed by atoms with Crippen LogP contribution in [0.4, 0.5) is 10.3 Å². The molecule has 5 nitrogen and oxygen atoms in total. The summed E-state index contributed by atoms with van der Waals surface area (Å²) in [6.07, 6.45) is 3.63. The molecule has 0 fully saturated rings. The van der Waals surface area contributed by atoms with Gasteiger partial charge in [0.2, 0.25) is 5.95 Å². The molecular weight excluding hydrogens is 343 g/mol. The molecule has 0 bridgehead atoms. The minimum atomic E-state index is -0.268. The van der Waals surface area contributed by atoms with Crippen molar-refractivity contribution in [2.45, 2.75) is 19.9 Å². The summed E-state index contributed by atoms with van der Waals surface area (Å²) in [6, 6.07) is 14.3. The molecule has 3 rings (SSSR count). The number of carbonyl (C=O) groups excluding carboxylic acids is 1. The molecule has 6 heteroatoms. The SMILES string of the molecule is Cc1ccccc1CNc1ncc(C(=O)NCCc2ccc(F)cc2)cn1. The number of amides is 1. The van der Waals surface area contributed by atoms with Gasteiger partial charge >= 0.3 is 0 Å². The molecule has 0 atom stereocenters. The maximum atomic E-state index is 12.9. The van der Waals surface area contributed by atoms with Crippen LogP contribution in [0.2, 0.25) is 0 Å². The number of hydrogen-bond donors (Lipinski definition) is 2. The van der Waals surface area contributed by atoms with Crippen LogP contribution >= 0.6 is 0 Å². The van der Waals surface area contributed by atoms with Crippen LogP contribution in [0.25, 0.3) is 0 Å². The molecule has 2 aromatic carbocycles. The third-order valence-corrected chi connectivity index (χ3v) is 4.22. The lowest BCUT2D eigenvalue weighted by atomic mass is 10.1. The Morgan fingerprint density at radius 3 is 2.44 bits per heavy atom. The highest BCUT2D eigenvalue weighted by Crippen LogP contribution is 2.09. The first-order valence-corrected chi connectivity index (χ1v) is 8.75. The van der Waals surface area contributed by atoms with Crippen LogP contribution in [0.15, 0.2) is 60.9 Å². The summed E-state index contributed by atoms with van der Waals surface area (Å²) in [5, 5.41) is 5.97. The van der Waals surface area contributed by atoms with Crippen LogP contribution in [-0.2, 0) is 13.0 Å². The molecule has 1 amide bonds. The molecule has 0 aliphatic rings. The van der Waals surface area contributed by atoms with Crippen molar-refractivity contribution in [1.29, 1.82) is 0 Å². The Morgan fingerprint density at radius 1 is 1.04 bits per heavy atom. The summed E-state index contributed by atoms with van der Waals surface area (Å²) in [7, 11) is 0. The molecule has 27 heavy (non-hydrogen) atoms. The van der Waals surface area contributed by atoms with Crippen molar-refractivity contribution in [2.24, 2.45) is 0 Å². The van der Waals surface area contributed by atoms with Gasteiger partial charge in [-0.15, -0.1) is 0 Å². The number of hydrogen-bond acceptors (Lipinski definition) is 4. The number of benzene rings is 2. The van der Waals surface area contributed by atoms with E-state index < -0.39 is 0 Å². The van der Waals surface area contributed by atoms with Crippen molar-refractivity contribution in [3.63, 3.8) is 0 Å². The number of aromatic nitrogens is 2. The second kappa shape index (κ2) is 8.89. The van der Waals surface area contributed by atoms with E-state index in [4.69, 9.17) is 0 Å². The first-order valence-electron chi connectivity index (χ1n) is 8.75. The van der Waals surface area contributed by atoms with Gasteiger partial charge in [-0.2, -0.15) is 0 Å². The summed E-state index contributed by atoms with van der Waals surface area (Å²) in [5.41, 5.74) is 3.73. The number of anilines is 1. The Hall–Kier alpha value is -3.28. The van der Waals surface area contributed by atoms with E-state index in [1.165, 1.54) is 35.7 Å². The highest BCUT2D eigenvalue weighted by Gasteiger charge is 2.07. The van der Waals surface area contributed by atoms with Gasteiger partial charge in [-0.1, -0.05) is 36.4 Å². The number of rotatable bonds is 7. The second-order valence-electron chi connectivity index (χ2n) is 6.21. The van der Waals surface area contributed by atoms with Gasteiger partial charge in [-0.3, -0.25) is 4.79 Å². The lowest BCUT2D eigenvalue weighted by Gasteiger charge is -2.08. The lowest BCUT2D eigenvalue weighted by Crippen LogP contribution is -2.26. The molecule has 1 aromatic heterocycles. The van der Waals surface area contributed by atoms with E-state index in [1.807, 2.05) is 18.2 Å². The maximum Gasteiger partial charge on any atom is 0.254 e. The van der Waals surface area contributed by atoms with Crippen LogP contribution < -0.4 is 10.6 Å². The molecule has 0 aliphatic heterocycles. The largest absolute Gasteiger partial charge is 0.352 e. The van der Waals surface area contributed by atoms with Crippen LogP contribution in [-0.4, -0.2) is 22.4 Å². The van der Waals surface area contributed by atoms with Gasteiger partial charge in [0, 0.05) is 25.5 Å². The number of nitrogens with zero attached hydrogens (tertiary/aromatic N) is 2. The monoisotopic (exact) mass is 364 g/mol. The molecule has 0 unspecified atom stereocenters. The summed E-state index contributed by atoms with van der Waals surface area (Å²) < 4.78 is 12.9. The third kappa shape index (κ3) is 5.34. The van der Waals surface area contributed by atoms with Crippen LogP contribution in [0.5, 0.6) is 0 Å². The fourth-order valence-electron chi connectivity index (χ4n) is 2.59. The Bertz CT molecular complexity index is 895. The Balaban J connectivity index is 1.48. The number of nitrogens with one attached hydrogen (secondary N) is 2. The average molecular weight is 364 g/mol. The van der Waals surface area contributed by atoms with Crippen molar-refractivity contribution in [3.8, 4) is 0 Å². The summed E-state index contributed by atoms with van der Waals surface area (Å²) in [4.78, 5) is 20.5. The van der Waals surface area contributed by atoms with Crippen molar-refractivity contribution >= 4 is 11.9 Å². The summed E-state index contributed by atoms with van der Waals surface area (Å²) in [6.45, 7) is 3.13. The predicted octanol–water partition coefficient (Wildman–Crippen LogP) is 3.51. The molecule has 138 valence electrons. The van der Waals surface area contributed by atoms with E-state index in [1.54, 1.807) is 12.1 Å². The topological polar surface area (TPSA) is 66.9 Å². The zero-order valence-corrected chi connectivity index (χ0v) is 15.1. The number of aryl methyl sites for hydroxylation is 1. The first kappa shape index (κ1) is 18.5. The van der Waals surface area contributed by atoms with Crippen molar-refractivity contribution in [3.05, 3.63) is 89.0 Å². The van der Waals surface area contributed by atoms with Crippen molar-refractivity contribution in [1.82, 2.24) is 15.3 Å². The van der Waals surface area contributed by atoms with Gasteiger partial charge < -0.3 is 10.6 Å². The molecule has 2 N–H and O–H groups in total. The van der Waals surface area contributed by atoms with Gasteiger partial charge in [-0.25, -0.2) is 14.4 Å². The van der Waals surface area contributed by atoms with Crippen LogP contribution in [0, 0.1) is 12.7 Å². The minimum absolute atomic E-state index is 0.234. The first-order chi connectivity index (χ1) is 13.1. The van der Waals surface area contributed by atoms with E-state index >= 15 is 0 Å². The van der Waals surface area contributed by atoms with E-state index in [9.17, 15) is 9.18 Å². The highest BCUT2D eigenvalue weighted by molar-refractivity contribution is 5.93. The molecule has 0 saturated heterocycles. The molecule has 0 radical (unpaired) electrons. The molecule has 0 spiro atoms. The van der Waals surface area contributed by atoms with Crippen LogP contribution in [0.1, 0.15) is 27.0 Å². The fourth-order valence-corrected chi connectivity index (χ4v) is 2.59. The molecule has 3 aromatic rings. The van der Waals surface area contributed by atoms with E-state index in [0.29, 0.717) is 31.0 Å². The fraction of sp³-hybridized carbons (Fsp3) is 0.190. The average Bonchev–Trinajstić information content (AvgIpc) is 2.69. The highest BCUT2D eigenvalue weighted by atomic mass is 19.1. The Labute approximate surface area is 157 Å². The molecular formula is C21H21FN4O. The number of halogens is 1.